The highest BCUT2D eigenvalue weighted by atomic mass is 14.7. The largest absolute Gasteiger partial charge is 0.256 e. The molecule has 0 amide bonds. The highest BCUT2D eigenvalue weighted by molar-refractivity contribution is 5.82. The van der Waals surface area contributed by atoms with Gasteiger partial charge >= 0.3 is 0 Å². The van der Waals surface area contributed by atoms with Crippen LogP contribution in [0.4, 0.5) is 5.69 Å². The molecule has 17 heavy (non-hydrogen) atoms. The van der Waals surface area contributed by atoms with Crippen LogP contribution in [0, 0.1) is 6.92 Å². The molecule has 2 rings (SSSR count). The van der Waals surface area contributed by atoms with Crippen molar-refractivity contribution in [2.45, 2.75) is 20.3 Å². The zero-order valence-electron chi connectivity index (χ0n) is 10.4. The molecule has 0 aliphatic heterocycles. The molecule has 0 radical (unpaired) electrons. The van der Waals surface area contributed by atoms with Crippen molar-refractivity contribution in [1.29, 1.82) is 0 Å². The number of nitrogens with zero attached hydrogens (tertiary/aromatic N) is 1. The van der Waals surface area contributed by atoms with Crippen LogP contribution in [0.3, 0.4) is 0 Å². The predicted molar refractivity (Wildman–Crippen MR) is 74.3 cm³/mol. The number of hydrogen-bond donors (Lipinski definition) is 0. The van der Waals surface area contributed by atoms with Gasteiger partial charge in [-0.15, -0.1) is 0 Å². The Kier molecular flexibility index (Phi) is 3.71. The van der Waals surface area contributed by atoms with E-state index >= 15 is 0 Å². The maximum atomic E-state index is 4.55. The first-order valence-electron chi connectivity index (χ1n) is 5.98. The summed E-state index contributed by atoms with van der Waals surface area (Å²) < 4.78 is 0. The minimum atomic E-state index is 1.02. The van der Waals surface area contributed by atoms with E-state index in [2.05, 4.69) is 61.3 Å². The smallest absolute Gasteiger partial charge is 0.0661 e. The first-order chi connectivity index (χ1) is 8.29. The minimum absolute atomic E-state index is 1.02. The third-order valence-corrected chi connectivity index (χ3v) is 2.80. The van der Waals surface area contributed by atoms with Crippen LogP contribution in [0.5, 0.6) is 0 Å². The first kappa shape index (κ1) is 11.6. The van der Waals surface area contributed by atoms with E-state index in [-0.39, 0.29) is 0 Å². The number of hydrogen-bond acceptors (Lipinski definition) is 1. The van der Waals surface area contributed by atoms with E-state index in [0.29, 0.717) is 0 Å². The van der Waals surface area contributed by atoms with E-state index in [4.69, 9.17) is 0 Å². The third-order valence-electron chi connectivity index (χ3n) is 2.80. The van der Waals surface area contributed by atoms with Gasteiger partial charge in [-0.3, -0.25) is 4.99 Å². The molecular formula is C16H17N. The summed E-state index contributed by atoms with van der Waals surface area (Å²) in [4.78, 5) is 4.55. The Bertz CT molecular complexity index is 509. The van der Waals surface area contributed by atoms with Crippen LogP contribution in [-0.4, -0.2) is 6.21 Å². The standard InChI is InChI=1S/C16H17N/c1-3-15-6-4-5-7-16(15)17-12-14-10-8-13(2)9-11-14/h4-12H,3H2,1-2H3. The molecule has 0 saturated heterocycles. The van der Waals surface area contributed by atoms with Crippen molar-refractivity contribution >= 4 is 11.9 Å². The lowest BCUT2D eigenvalue weighted by Crippen LogP contribution is -1.83. The van der Waals surface area contributed by atoms with Gasteiger partial charge in [0.25, 0.3) is 0 Å². The van der Waals surface area contributed by atoms with E-state index in [0.717, 1.165) is 17.7 Å². The van der Waals surface area contributed by atoms with Crippen molar-refractivity contribution in [3.8, 4) is 0 Å². The van der Waals surface area contributed by atoms with E-state index < -0.39 is 0 Å². The fourth-order valence-electron chi connectivity index (χ4n) is 1.73. The van der Waals surface area contributed by atoms with Gasteiger partial charge in [0, 0.05) is 6.21 Å². The summed E-state index contributed by atoms with van der Waals surface area (Å²) in [6, 6.07) is 16.7. The van der Waals surface area contributed by atoms with Gasteiger partial charge in [-0.05, 0) is 30.5 Å². The van der Waals surface area contributed by atoms with Crippen LogP contribution in [0.1, 0.15) is 23.6 Å². The summed E-state index contributed by atoms with van der Waals surface area (Å²) >= 11 is 0. The Labute approximate surface area is 103 Å². The second-order valence-corrected chi connectivity index (χ2v) is 4.15. The Hall–Kier alpha value is -1.89. The highest BCUT2D eigenvalue weighted by Crippen LogP contribution is 2.18. The molecule has 1 nitrogen and oxygen atoms in total. The minimum Gasteiger partial charge on any atom is -0.256 e. The van der Waals surface area contributed by atoms with E-state index in [9.17, 15) is 0 Å². The van der Waals surface area contributed by atoms with Crippen LogP contribution in [-0.2, 0) is 6.42 Å². The van der Waals surface area contributed by atoms with E-state index in [1.54, 1.807) is 0 Å². The van der Waals surface area contributed by atoms with E-state index in [1.165, 1.54) is 11.1 Å². The Morgan fingerprint density at radius 2 is 1.71 bits per heavy atom. The number of aliphatic imine (C=N–C) groups is 1. The predicted octanol–water partition coefficient (Wildman–Crippen LogP) is 4.31. The lowest BCUT2D eigenvalue weighted by molar-refractivity contribution is 1.13. The summed E-state index contributed by atoms with van der Waals surface area (Å²) in [5.74, 6) is 0. The number of para-hydroxylation sites is 1. The molecule has 2 aromatic carbocycles. The van der Waals surface area contributed by atoms with Gasteiger partial charge < -0.3 is 0 Å². The molecule has 1 heteroatoms. The molecule has 0 saturated carbocycles. The van der Waals surface area contributed by atoms with E-state index in [1.807, 2.05) is 12.3 Å². The number of aryl methyl sites for hydroxylation is 2. The first-order valence-corrected chi connectivity index (χ1v) is 5.98. The summed E-state index contributed by atoms with van der Waals surface area (Å²) in [6.45, 7) is 4.24. The summed E-state index contributed by atoms with van der Waals surface area (Å²) in [5.41, 5.74) is 4.77. The Morgan fingerprint density at radius 3 is 2.41 bits per heavy atom. The van der Waals surface area contributed by atoms with Gasteiger partial charge in [0.05, 0.1) is 5.69 Å². The normalized spacial score (nSPS) is 10.9. The molecular weight excluding hydrogens is 206 g/mol. The van der Waals surface area contributed by atoms with Gasteiger partial charge in [-0.2, -0.15) is 0 Å². The summed E-state index contributed by atoms with van der Waals surface area (Å²) in [7, 11) is 0. The van der Waals surface area contributed by atoms with Gasteiger partial charge in [0.2, 0.25) is 0 Å². The molecule has 86 valence electrons. The highest BCUT2D eigenvalue weighted by Gasteiger charge is 1.96. The molecule has 0 aliphatic carbocycles. The molecule has 0 unspecified atom stereocenters. The maximum absolute atomic E-state index is 4.55. The molecule has 2 aromatic rings. The second-order valence-electron chi connectivity index (χ2n) is 4.15. The zero-order valence-corrected chi connectivity index (χ0v) is 10.4. The van der Waals surface area contributed by atoms with Crippen LogP contribution in [0.25, 0.3) is 0 Å². The van der Waals surface area contributed by atoms with Gasteiger partial charge in [0.1, 0.15) is 0 Å². The van der Waals surface area contributed by atoms with Crippen LogP contribution in [0.15, 0.2) is 53.5 Å². The fraction of sp³-hybridized carbons (Fsp3) is 0.188. The topological polar surface area (TPSA) is 12.4 Å². The Morgan fingerprint density at radius 1 is 1.00 bits per heavy atom. The molecule has 0 atom stereocenters. The quantitative estimate of drug-likeness (QED) is 0.688. The van der Waals surface area contributed by atoms with Gasteiger partial charge in [-0.1, -0.05) is 55.0 Å². The fourth-order valence-corrected chi connectivity index (χ4v) is 1.73. The Balaban J connectivity index is 2.22. The van der Waals surface area contributed by atoms with Crippen molar-refractivity contribution in [3.63, 3.8) is 0 Å². The second kappa shape index (κ2) is 5.44. The van der Waals surface area contributed by atoms with Crippen LogP contribution in [0.2, 0.25) is 0 Å². The molecule has 0 heterocycles. The van der Waals surface area contributed by atoms with Crippen molar-refractivity contribution in [3.05, 3.63) is 65.2 Å². The van der Waals surface area contributed by atoms with Crippen molar-refractivity contribution < 1.29 is 0 Å². The monoisotopic (exact) mass is 223 g/mol. The zero-order chi connectivity index (χ0) is 12.1. The molecule has 0 aliphatic rings. The number of rotatable bonds is 3. The summed E-state index contributed by atoms with van der Waals surface area (Å²) in [5, 5.41) is 0. The lowest BCUT2D eigenvalue weighted by atomic mass is 10.1. The number of benzene rings is 2. The van der Waals surface area contributed by atoms with Gasteiger partial charge in [-0.25, -0.2) is 0 Å². The molecule has 0 bridgehead atoms. The summed E-state index contributed by atoms with van der Waals surface area (Å²) in [6.07, 6.45) is 2.94. The van der Waals surface area contributed by atoms with Crippen LogP contribution < -0.4 is 0 Å². The maximum Gasteiger partial charge on any atom is 0.0661 e. The molecule has 0 aromatic heterocycles. The van der Waals surface area contributed by atoms with Crippen LogP contribution >= 0.6 is 0 Å². The van der Waals surface area contributed by atoms with Crippen molar-refractivity contribution in [2.75, 3.05) is 0 Å². The average Bonchev–Trinajstić information content (AvgIpc) is 2.38. The third kappa shape index (κ3) is 3.04. The molecule has 0 spiro atoms. The lowest BCUT2D eigenvalue weighted by Gasteiger charge is -2.01. The SMILES string of the molecule is CCc1ccccc1N=Cc1ccc(C)cc1. The van der Waals surface area contributed by atoms with Crippen molar-refractivity contribution in [2.24, 2.45) is 4.99 Å². The average molecular weight is 223 g/mol. The van der Waals surface area contributed by atoms with Gasteiger partial charge in [0.15, 0.2) is 0 Å². The van der Waals surface area contributed by atoms with Crippen molar-refractivity contribution in [1.82, 2.24) is 0 Å². The molecule has 0 N–H and O–H groups in total. The molecule has 0 fully saturated rings.